The van der Waals surface area contributed by atoms with Gasteiger partial charge in [0, 0.05) is 32.4 Å². The third-order valence-corrected chi connectivity index (χ3v) is 4.24. The van der Waals surface area contributed by atoms with Gasteiger partial charge in [0.1, 0.15) is 11.5 Å². The zero-order valence-corrected chi connectivity index (χ0v) is 16.7. The number of ether oxygens (including phenoxy) is 2. The van der Waals surface area contributed by atoms with E-state index < -0.39 is 11.8 Å². The zero-order chi connectivity index (χ0) is 20.5. The number of carbonyl (C=O) groups excluding carboxylic acids is 2. The molecule has 0 aliphatic carbocycles. The van der Waals surface area contributed by atoms with Crippen LogP contribution >= 0.6 is 0 Å². The molecule has 0 unspecified atom stereocenters. The number of methoxy groups -OCH3 is 2. The van der Waals surface area contributed by atoms with Crippen LogP contribution in [-0.4, -0.2) is 46.7 Å². The van der Waals surface area contributed by atoms with E-state index in [1.807, 2.05) is 19.0 Å². The molecule has 0 saturated heterocycles. The minimum atomic E-state index is -0.748. The van der Waals surface area contributed by atoms with Gasteiger partial charge in [-0.25, -0.2) is 0 Å². The molecule has 0 bridgehead atoms. The summed E-state index contributed by atoms with van der Waals surface area (Å²) in [6, 6.07) is 13.2. The lowest BCUT2D eigenvalue weighted by atomic mass is 10.1. The van der Waals surface area contributed by atoms with Crippen molar-refractivity contribution in [3.63, 3.8) is 0 Å². The molecule has 0 fully saturated rings. The number of rotatable bonds is 8. The Bertz CT molecular complexity index is 804. The van der Waals surface area contributed by atoms with Gasteiger partial charge in [-0.05, 0) is 42.7 Å². The first-order valence-electron chi connectivity index (χ1n) is 9.02. The SMILES string of the molecule is COc1ccc(OC)c(NC(=O)C(=O)NCCCc2ccc(N(C)C)cc2)c1. The fourth-order valence-electron chi connectivity index (χ4n) is 2.63. The second-order valence-corrected chi connectivity index (χ2v) is 6.44. The van der Waals surface area contributed by atoms with Gasteiger partial charge in [0.15, 0.2) is 0 Å². The summed E-state index contributed by atoms with van der Waals surface area (Å²) in [6.07, 6.45) is 1.56. The third kappa shape index (κ3) is 5.90. The summed E-state index contributed by atoms with van der Waals surface area (Å²) in [5, 5.41) is 5.19. The Hall–Kier alpha value is -3.22. The molecule has 7 heteroatoms. The standard InChI is InChI=1S/C21H27N3O4/c1-24(2)16-9-7-15(8-10-16)6-5-13-22-20(25)21(26)23-18-14-17(27-3)11-12-19(18)28-4/h7-12,14H,5-6,13H2,1-4H3,(H,22,25)(H,23,26). The summed E-state index contributed by atoms with van der Waals surface area (Å²) in [4.78, 5) is 26.2. The van der Waals surface area contributed by atoms with Crippen LogP contribution in [0.4, 0.5) is 11.4 Å². The van der Waals surface area contributed by atoms with Crippen molar-refractivity contribution in [2.45, 2.75) is 12.8 Å². The van der Waals surface area contributed by atoms with Crippen molar-refractivity contribution < 1.29 is 19.1 Å². The molecule has 2 amide bonds. The molecule has 0 saturated carbocycles. The smallest absolute Gasteiger partial charge is 0.313 e. The molecule has 0 atom stereocenters. The first-order chi connectivity index (χ1) is 13.4. The number of hydrogen-bond donors (Lipinski definition) is 2. The van der Waals surface area contributed by atoms with E-state index in [9.17, 15) is 9.59 Å². The highest BCUT2D eigenvalue weighted by atomic mass is 16.5. The van der Waals surface area contributed by atoms with Crippen LogP contribution in [0.5, 0.6) is 11.5 Å². The fraction of sp³-hybridized carbons (Fsp3) is 0.333. The molecular formula is C21H27N3O4. The van der Waals surface area contributed by atoms with Crippen molar-refractivity contribution in [2.75, 3.05) is 45.1 Å². The number of nitrogens with one attached hydrogen (secondary N) is 2. The third-order valence-electron chi connectivity index (χ3n) is 4.24. The molecule has 2 N–H and O–H groups in total. The van der Waals surface area contributed by atoms with Gasteiger partial charge in [-0.3, -0.25) is 9.59 Å². The van der Waals surface area contributed by atoms with Crippen LogP contribution in [0.25, 0.3) is 0 Å². The molecule has 0 radical (unpaired) electrons. The normalized spacial score (nSPS) is 10.1. The molecule has 0 aliphatic heterocycles. The van der Waals surface area contributed by atoms with Crippen LogP contribution in [0.3, 0.4) is 0 Å². The maximum absolute atomic E-state index is 12.1. The highest BCUT2D eigenvalue weighted by Crippen LogP contribution is 2.28. The van der Waals surface area contributed by atoms with Gasteiger partial charge in [-0.15, -0.1) is 0 Å². The Morgan fingerprint density at radius 1 is 0.964 bits per heavy atom. The molecule has 0 aromatic heterocycles. The van der Waals surface area contributed by atoms with E-state index in [0.29, 0.717) is 23.7 Å². The Labute approximate surface area is 165 Å². The molecule has 150 valence electrons. The Balaban J connectivity index is 1.80. The van der Waals surface area contributed by atoms with Crippen molar-refractivity contribution in [2.24, 2.45) is 0 Å². The molecule has 7 nitrogen and oxygen atoms in total. The maximum Gasteiger partial charge on any atom is 0.313 e. The molecule has 2 rings (SSSR count). The monoisotopic (exact) mass is 385 g/mol. The average Bonchev–Trinajstić information content (AvgIpc) is 2.71. The second kappa shape index (κ2) is 10.2. The molecule has 2 aromatic carbocycles. The van der Waals surface area contributed by atoms with Gasteiger partial charge in [-0.1, -0.05) is 12.1 Å². The van der Waals surface area contributed by atoms with E-state index in [-0.39, 0.29) is 0 Å². The lowest BCUT2D eigenvalue weighted by Gasteiger charge is -2.13. The number of anilines is 2. The summed E-state index contributed by atoms with van der Waals surface area (Å²) in [6.45, 7) is 0.414. The predicted octanol–water partition coefficient (Wildman–Crippen LogP) is 2.46. The van der Waals surface area contributed by atoms with Gasteiger partial charge < -0.3 is 25.0 Å². The van der Waals surface area contributed by atoms with Crippen LogP contribution in [0, 0.1) is 0 Å². The molecular weight excluding hydrogens is 358 g/mol. The van der Waals surface area contributed by atoms with Gasteiger partial charge in [0.25, 0.3) is 0 Å². The molecule has 0 aliphatic rings. The average molecular weight is 385 g/mol. The lowest BCUT2D eigenvalue weighted by molar-refractivity contribution is -0.136. The van der Waals surface area contributed by atoms with Gasteiger partial charge in [0.2, 0.25) is 0 Å². The van der Waals surface area contributed by atoms with Crippen molar-refractivity contribution in [1.29, 1.82) is 0 Å². The van der Waals surface area contributed by atoms with Crippen LogP contribution in [0.15, 0.2) is 42.5 Å². The molecule has 0 heterocycles. The summed E-state index contributed by atoms with van der Waals surface area (Å²) >= 11 is 0. The fourth-order valence-corrected chi connectivity index (χ4v) is 2.63. The number of nitrogens with zero attached hydrogens (tertiary/aromatic N) is 1. The van der Waals surface area contributed by atoms with Crippen molar-refractivity contribution >= 4 is 23.2 Å². The molecule has 2 aromatic rings. The predicted molar refractivity (Wildman–Crippen MR) is 110 cm³/mol. The summed E-state index contributed by atoms with van der Waals surface area (Å²) < 4.78 is 10.3. The van der Waals surface area contributed by atoms with Gasteiger partial charge in [0.05, 0.1) is 19.9 Å². The second-order valence-electron chi connectivity index (χ2n) is 6.44. The Morgan fingerprint density at radius 2 is 1.68 bits per heavy atom. The number of amides is 2. The van der Waals surface area contributed by atoms with Gasteiger partial charge in [-0.2, -0.15) is 0 Å². The quantitative estimate of drug-likeness (QED) is 0.539. The Kier molecular flexibility index (Phi) is 7.68. The zero-order valence-electron chi connectivity index (χ0n) is 16.7. The van der Waals surface area contributed by atoms with E-state index in [2.05, 4.69) is 34.9 Å². The van der Waals surface area contributed by atoms with E-state index >= 15 is 0 Å². The minimum Gasteiger partial charge on any atom is -0.497 e. The number of hydrogen-bond acceptors (Lipinski definition) is 5. The highest BCUT2D eigenvalue weighted by molar-refractivity contribution is 6.39. The largest absolute Gasteiger partial charge is 0.497 e. The van der Waals surface area contributed by atoms with E-state index in [4.69, 9.17) is 9.47 Å². The van der Waals surface area contributed by atoms with Crippen LogP contribution in [0.1, 0.15) is 12.0 Å². The first kappa shape index (κ1) is 21.1. The summed E-state index contributed by atoms with van der Waals surface area (Å²) in [5.74, 6) is -0.436. The molecule has 28 heavy (non-hydrogen) atoms. The maximum atomic E-state index is 12.1. The minimum absolute atomic E-state index is 0.378. The van der Waals surface area contributed by atoms with E-state index in [1.165, 1.54) is 19.8 Å². The van der Waals surface area contributed by atoms with Crippen molar-refractivity contribution in [3.05, 3.63) is 48.0 Å². The van der Waals surface area contributed by atoms with Crippen molar-refractivity contribution in [1.82, 2.24) is 5.32 Å². The highest BCUT2D eigenvalue weighted by Gasteiger charge is 2.16. The lowest BCUT2D eigenvalue weighted by Crippen LogP contribution is -2.36. The number of benzene rings is 2. The summed E-state index contributed by atoms with van der Waals surface area (Å²) in [5.41, 5.74) is 2.70. The van der Waals surface area contributed by atoms with E-state index in [0.717, 1.165) is 18.5 Å². The molecule has 0 spiro atoms. The Morgan fingerprint density at radius 3 is 2.29 bits per heavy atom. The number of carbonyl (C=O) groups is 2. The van der Waals surface area contributed by atoms with Gasteiger partial charge >= 0.3 is 11.8 Å². The topological polar surface area (TPSA) is 79.9 Å². The van der Waals surface area contributed by atoms with Crippen molar-refractivity contribution in [3.8, 4) is 11.5 Å². The van der Waals surface area contributed by atoms with Crippen LogP contribution in [0.2, 0.25) is 0 Å². The first-order valence-corrected chi connectivity index (χ1v) is 9.02. The van der Waals surface area contributed by atoms with Crippen LogP contribution in [-0.2, 0) is 16.0 Å². The van der Waals surface area contributed by atoms with E-state index in [1.54, 1.807) is 18.2 Å². The summed E-state index contributed by atoms with van der Waals surface area (Å²) in [7, 11) is 7.00. The number of aryl methyl sites for hydroxylation is 1. The van der Waals surface area contributed by atoms with Crippen LogP contribution < -0.4 is 25.0 Å².